The fourth-order valence-electron chi connectivity index (χ4n) is 3.51. The number of amides is 1. The maximum atomic E-state index is 13.6. The number of anilines is 3. The van der Waals surface area contributed by atoms with E-state index in [9.17, 15) is 19.6 Å². The van der Waals surface area contributed by atoms with Gasteiger partial charge in [-0.1, -0.05) is 30.5 Å². The fraction of sp³-hybridized carbons (Fsp3) is 0.269. The highest BCUT2D eigenvalue weighted by Crippen LogP contribution is 2.35. The number of unbranched alkanes of at least 4 members (excludes halogenated alkanes) is 3. The average molecular weight is 512 g/mol. The molecule has 3 aromatic rings. The average Bonchev–Trinajstić information content (AvgIpc) is 2.86. The van der Waals surface area contributed by atoms with Crippen LogP contribution in [0.1, 0.15) is 31.2 Å². The van der Waals surface area contributed by atoms with Gasteiger partial charge in [0, 0.05) is 42.6 Å². The van der Waals surface area contributed by atoms with E-state index >= 15 is 0 Å². The van der Waals surface area contributed by atoms with Crippen molar-refractivity contribution in [3.63, 3.8) is 0 Å². The van der Waals surface area contributed by atoms with Crippen LogP contribution >= 0.6 is 11.6 Å². The molecule has 0 aliphatic carbocycles. The largest absolute Gasteiger partial charge is 0.506 e. The second kappa shape index (κ2) is 13.4. The van der Waals surface area contributed by atoms with Crippen molar-refractivity contribution < 1.29 is 19.4 Å². The van der Waals surface area contributed by atoms with Crippen LogP contribution in [0.15, 0.2) is 48.7 Å². The Kier molecular flexibility index (Phi) is 10.0. The summed E-state index contributed by atoms with van der Waals surface area (Å²) in [6.45, 7) is 1.54. The van der Waals surface area contributed by atoms with Crippen LogP contribution in [-0.2, 0) is 4.79 Å². The molecule has 0 radical (unpaired) electrons. The highest BCUT2D eigenvalue weighted by Gasteiger charge is 2.14. The summed E-state index contributed by atoms with van der Waals surface area (Å²) in [6, 6.07) is 9.03. The molecule has 0 fully saturated rings. The lowest BCUT2D eigenvalue weighted by molar-refractivity contribution is -0.111. The summed E-state index contributed by atoms with van der Waals surface area (Å²) < 4.78 is 13.6. The predicted molar refractivity (Wildman–Crippen MR) is 139 cm³/mol. The number of fused-ring (bicyclic) bond motifs is 1. The number of pyridine rings is 1. The number of nitrogens with one attached hydrogen (secondary N) is 3. The number of nitrogens with zero attached hydrogens (tertiary/aromatic N) is 2. The minimum atomic E-state index is -0.571. The Morgan fingerprint density at radius 3 is 2.75 bits per heavy atom. The number of benzene rings is 2. The molecular formula is C26H27ClFN5O3. The van der Waals surface area contributed by atoms with E-state index in [0.29, 0.717) is 28.8 Å². The van der Waals surface area contributed by atoms with Crippen molar-refractivity contribution >= 4 is 45.5 Å². The number of aliphatic hydroxyl groups is 1. The maximum Gasteiger partial charge on any atom is 0.248 e. The van der Waals surface area contributed by atoms with Gasteiger partial charge in [0.2, 0.25) is 5.91 Å². The number of hydrogen-bond donors (Lipinski definition) is 5. The molecule has 0 spiro atoms. The number of hydrogen-bond acceptors (Lipinski definition) is 7. The Morgan fingerprint density at radius 2 is 2.00 bits per heavy atom. The maximum absolute atomic E-state index is 13.6. The molecule has 36 heavy (non-hydrogen) atoms. The highest BCUT2D eigenvalue weighted by molar-refractivity contribution is 6.31. The molecular weight excluding hydrogens is 485 g/mol. The third-order valence-electron chi connectivity index (χ3n) is 5.35. The van der Waals surface area contributed by atoms with Crippen molar-refractivity contribution in [3.8, 4) is 11.8 Å². The van der Waals surface area contributed by atoms with E-state index in [4.69, 9.17) is 16.7 Å². The molecule has 0 aliphatic rings. The smallest absolute Gasteiger partial charge is 0.248 e. The number of aliphatic hydroxyl groups excluding tert-OH is 1. The highest BCUT2D eigenvalue weighted by atomic mass is 35.5. The Hall–Kier alpha value is -3.71. The van der Waals surface area contributed by atoms with Gasteiger partial charge in [0.15, 0.2) is 0 Å². The third-order valence-corrected chi connectivity index (χ3v) is 5.64. The lowest BCUT2D eigenvalue weighted by atomic mass is 10.1. The summed E-state index contributed by atoms with van der Waals surface area (Å²) in [5.41, 5.74) is 1.57. The summed E-state index contributed by atoms with van der Waals surface area (Å²) in [7, 11) is 0. The molecule has 3 rings (SSSR count). The zero-order valence-electron chi connectivity index (χ0n) is 19.5. The van der Waals surface area contributed by atoms with E-state index < -0.39 is 11.7 Å². The van der Waals surface area contributed by atoms with E-state index in [1.807, 2.05) is 0 Å². The van der Waals surface area contributed by atoms with Gasteiger partial charge in [-0.3, -0.25) is 9.78 Å². The lowest BCUT2D eigenvalue weighted by Gasteiger charge is -2.14. The molecule has 5 N–H and O–H groups in total. The topological polar surface area (TPSA) is 130 Å². The van der Waals surface area contributed by atoms with Gasteiger partial charge in [0.25, 0.3) is 0 Å². The van der Waals surface area contributed by atoms with Crippen LogP contribution in [0.25, 0.3) is 10.9 Å². The molecule has 0 unspecified atom stereocenters. The minimum absolute atomic E-state index is 0.0783. The van der Waals surface area contributed by atoms with Crippen LogP contribution in [0, 0.1) is 17.1 Å². The fourth-order valence-corrected chi connectivity index (χ4v) is 3.69. The number of aromatic nitrogens is 1. The van der Waals surface area contributed by atoms with Gasteiger partial charge in [-0.05, 0) is 43.7 Å². The summed E-state index contributed by atoms with van der Waals surface area (Å²) in [5, 5.41) is 38.0. The Bertz CT molecular complexity index is 1290. The van der Waals surface area contributed by atoms with Crippen LogP contribution in [0.3, 0.4) is 0 Å². The first kappa shape index (κ1) is 26.9. The van der Waals surface area contributed by atoms with E-state index in [2.05, 4.69) is 27.0 Å². The SMILES string of the molecule is N#Cc1cnc2cc(O)c(NC(=O)/C=C/CNCCCCCCO)cc2c1Nc1ccc(F)c(Cl)c1. The first-order chi connectivity index (χ1) is 17.4. The van der Waals surface area contributed by atoms with Crippen LogP contribution in [0.5, 0.6) is 5.75 Å². The Labute approximate surface area is 213 Å². The zero-order chi connectivity index (χ0) is 25.9. The molecule has 0 saturated carbocycles. The van der Waals surface area contributed by atoms with Crippen LogP contribution in [0.2, 0.25) is 5.02 Å². The second-order valence-electron chi connectivity index (χ2n) is 8.03. The van der Waals surface area contributed by atoms with Crippen LogP contribution in [-0.4, -0.2) is 40.8 Å². The standard InChI is InChI=1S/C26H27ClFN5O3/c27-20-12-18(7-8-21(20)28)32-26-17(15-29)16-31-22-14-24(35)23(13-19(22)26)33-25(36)6-5-10-30-9-3-1-2-4-11-34/h5-8,12-14,16,30,34-35H,1-4,9-11H2,(H,31,32)(H,33,36)/b6-5+. The third kappa shape index (κ3) is 7.39. The molecule has 8 nitrogen and oxygen atoms in total. The molecule has 0 aliphatic heterocycles. The van der Waals surface area contributed by atoms with Gasteiger partial charge >= 0.3 is 0 Å². The van der Waals surface area contributed by atoms with Gasteiger partial charge < -0.3 is 26.2 Å². The molecule has 10 heteroatoms. The van der Waals surface area contributed by atoms with Gasteiger partial charge in [0.1, 0.15) is 17.6 Å². The van der Waals surface area contributed by atoms with Crippen molar-refractivity contribution in [3.05, 3.63) is 65.1 Å². The van der Waals surface area contributed by atoms with Crippen LogP contribution < -0.4 is 16.0 Å². The minimum Gasteiger partial charge on any atom is -0.506 e. The number of nitriles is 1. The van der Waals surface area contributed by atoms with E-state index in [1.165, 1.54) is 42.6 Å². The normalized spacial score (nSPS) is 11.1. The second-order valence-corrected chi connectivity index (χ2v) is 8.44. The van der Waals surface area contributed by atoms with Crippen molar-refractivity contribution in [1.29, 1.82) is 5.26 Å². The number of rotatable bonds is 12. The number of carbonyl (C=O) groups is 1. The molecule has 188 valence electrons. The molecule has 0 saturated heterocycles. The Balaban J connectivity index is 1.72. The van der Waals surface area contributed by atoms with Crippen molar-refractivity contribution in [2.45, 2.75) is 25.7 Å². The summed E-state index contributed by atoms with van der Waals surface area (Å²) in [6.07, 6.45) is 8.24. The molecule has 1 heterocycles. The monoisotopic (exact) mass is 511 g/mol. The number of carbonyl (C=O) groups excluding carboxylic acids is 1. The molecule has 1 amide bonds. The van der Waals surface area contributed by atoms with E-state index in [1.54, 1.807) is 6.08 Å². The first-order valence-corrected chi connectivity index (χ1v) is 11.9. The summed E-state index contributed by atoms with van der Waals surface area (Å²) >= 11 is 5.88. The summed E-state index contributed by atoms with van der Waals surface area (Å²) in [4.78, 5) is 16.6. The van der Waals surface area contributed by atoms with Crippen molar-refractivity contribution in [1.82, 2.24) is 10.3 Å². The lowest BCUT2D eigenvalue weighted by Crippen LogP contribution is -2.16. The van der Waals surface area contributed by atoms with Gasteiger partial charge in [0.05, 0.1) is 27.5 Å². The molecule has 2 aromatic carbocycles. The van der Waals surface area contributed by atoms with E-state index in [-0.39, 0.29) is 28.6 Å². The number of phenolic OH excluding ortho intramolecular Hbond substituents is 1. The molecule has 0 bridgehead atoms. The van der Waals surface area contributed by atoms with Crippen molar-refractivity contribution in [2.24, 2.45) is 0 Å². The zero-order valence-corrected chi connectivity index (χ0v) is 20.3. The Morgan fingerprint density at radius 1 is 1.19 bits per heavy atom. The molecule has 0 atom stereocenters. The van der Waals surface area contributed by atoms with Crippen LogP contribution in [0.4, 0.5) is 21.5 Å². The van der Waals surface area contributed by atoms with Crippen molar-refractivity contribution in [2.75, 3.05) is 30.3 Å². The van der Waals surface area contributed by atoms with E-state index in [0.717, 1.165) is 32.2 Å². The number of halogens is 2. The number of phenols is 1. The molecule has 1 aromatic heterocycles. The quantitative estimate of drug-likeness (QED) is 0.132. The number of aromatic hydroxyl groups is 1. The van der Waals surface area contributed by atoms with Gasteiger partial charge in [-0.2, -0.15) is 5.26 Å². The predicted octanol–water partition coefficient (Wildman–Crippen LogP) is 4.99. The first-order valence-electron chi connectivity index (χ1n) is 11.5. The summed E-state index contributed by atoms with van der Waals surface area (Å²) in [5.74, 6) is -1.18. The van der Waals surface area contributed by atoms with Gasteiger partial charge in [-0.15, -0.1) is 0 Å². The van der Waals surface area contributed by atoms with Gasteiger partial charge in [-0.25, -0.2) is 4.39 Å².